The molecule has 1 saturated heterocycles. The van der Waals surface area contributed by atoms with Gasteiger partial charge in [0.25, 0.3) is 0 Å². The number of rotatable bonds is 4. The first kappa shape index (κ1) is 14.0. The van der Waals surface area contributed by atoms with E-state index in [1.54, 1.807) is 0 Å². The summed E-state index contributed by atoms with van der Waals surface area (Å²) in [4.78, 5) is 12.2. The van der Waals surface area contributed by atoms with E-state index in [0.29, 0.717) is 0 Å². The molecule has 0 spiro atoms. The van der Waals surface area contributed by atoms with E-state index >= 15 is 0 Å². The van der Waals surface area contributed by atoms with Gasteiger partial charge in [0.1, 0.15) is 0 Å². The minimum Gasteiger partial charge on any atom is -0.394 e. The summed E-state index contributed by atoms with van der Waals surface area (Å²) in [6.07, 6.45) is 4.27. The van der Waals surface area contributed by atoms with Crippen molar-refractivity contribution in [3.63, 3.8) is 0 Å². The highest BCUT2D eigenvalue weighted by Crippen LogP contribution is 2.14. The van der Waals surface area contributed by atoms with Gasteiger partial charge in [0.15, 0.2) is 0 Å². The molecule has 0 radical (unpaired) electrons. The van der Waals surface area contributed by atoms with Gasteiger partial charge in [-0.05, 0) is 24.9 Å². The highest BCUT2D eigenvalue weighted by molar-refractivity contribution is 5.82. The van der Waals surface area contributed by atoms with Gasteiger partial charge in [-0.25, -0.2) is 0 Å². The Morgan fingerprint density at radius 1 is 1.32 bits per heavy atom. The fraction of sp³-hybridized carbons (Fsp3) is 0.533. The number of amides is 1. The van der Waals surface area contributed by atoms with Gasteiger partial charge < -0.3 is 15.7 Å². The SMILES string of the molecule is O=C(N[C@@H](CO)c1ccccc1)C1CCCCCN1. The normalized spacial score (nSPS) is 21.4. The first-order chi connectivity index (χ1) is 9.31. The molecule has 4 heteroatoms. The van der Waals surface area contributed by atoms with Gasteiger partial charge in [0.05, 0.1) is 18.7 Å². The average molecular weight is 262 g/mol. The molecule has 0 bridgehead atoms. The maximum atomic E-state index is 12.2. The van der Waals surface area contributed by atoms with E-state index in [1.807, 2.05) is 30.3 Å². The van der Waals surface area contributed by atoms with Crippen molar-refractivity contribution in [3.05, 3.63) is 35.9 Å². The topological polar surface area (TPSA) is 61.4 Å². The van der Waals surface area contributed by atoms with Crippen molar-refractivity contribution >= 4 is 5.91 Å². The Morgan fingerprint density at radius 3 is 2.84 bits per heavy atom. The third-order valence-corrected chi connectivity index (χ3v) is 3.58. The first-order valence-electron chi connectivity index (χ1n) is 7.01. The van der Waals surface area contributed by atoms with Crippen LogP contribution < -0.4 is 10.6 Å². The zero-order valence-corrected chi connectivity index (χ0v) is 11.1. The molecule has 2 atom stereocenters. The van der Waals surface area contributed by atoms with Gasteiger partial charge in [-0.1, -0.05) is 43.2 Å². The summed E-state index contributed by atoms with van der Waals surface area (Å²) < 4.78 is 0. The highest BCUT2D eigenvalue weighted by Gasteiger charge is 2.22. The summed E-state index contributed by atoms with van der Waals surface area (Å²) in [6.45, 7) is 0.815. The van der Waals surface area contributed by atoms with Gasteiger partial charge in [-0.2, -0.15) is 0 Å². The Labute approximate surface area is 114 Å². The fourth-order valence-corrected chi connectivity index (χ4v) is 2.44. The molecule has 1 aromatic rings. The molecule has 1 unspecified atom stereocenters. The molecule has 1 aliphatic heterocycles. The third kappa shape index (κ3) is 4.04. The van der Waals surface area contributed by atoms with Gasteiger partial charge in [0.2, 0.25) is 5.91 Å². The Balaban J connectivity index is 1.96. The van der Waals surface area contributed by atoms with Crippen molar-refractivity contribution < 1.29 is 9.90 Å². The van der Waals surface area contributed by atoms with E-state index in [1.165, 1.54) is 6.42 Å². The molecule has 19 heavy (non-hydrogen) atoms. The van der Waals surface area contributed by atoms with Crippen molar-refractivity contribution in [2.45, 2.75) is 37.8 Å². The van der Waals surface area contributed by atoms with E-state index in [4.69, 9.17) is 0 Å². The summed E-state index contributed by atoms with van der Waals surface area (Å²) in [6, 6.07) is 9.14. The number of carbonyl (C=O) groups is 1. The second-order valence-electron chi connectivity index (χ2n) is 5.01. The smallest absolute Gasteiger partial charge is 0.237 e. The van der Waals surface area contributed by atoms with Crippen LogP contribution >= 0.6 is 0 Å². The molecule has 3 N–H and O–H groups in total. The van der Waals surface area contributed by atoms with Crippen LogP contribution in [0.25, 0.3) is 0 Å². The molecule has 104 valence electrons. The zero-order chi connectivity index (χ0) is 13.5. The second kappa shape index (κ2) is 7.26. The molecule has 1 aliphatic rings. The van der Waals surface area contributed by atoms with Crippen LogP contribution in [-0.2, 0) is 4.79 Å². The Kier molecular flexibility index (Phi) is 5.36. The Morgan fingerprint density at radius 2 is 2.11 bits per heavy atom. The Bertz CT molecular complexity index is 386. The lowest BCUT2D eigenvalue weighted by molar-refractivity contribution is -0.124. The van der Waals surface area contributed by atoms with Gasteiger partial charge in [-0.15, -0.1) is 0 Å². The van der Waals surface area contributed by atoms with E-state index < -0.39 is 0 Å². The van der Waals surface area contributed by atoms with Crippen LogP contribution in [0.15, 0.2) is 30.3 Å². The van der Waals surface area contributed by atoms with E-state index in [0.717, 1.165) is 31.4 Å². The maximum Gasteiger partial charge on any atom is 0.237 e. The minimum atomic E-state index is -0.321. The standard InChI is InChI=1S/C15H22N2O2/c18-11-14(12-7-3-1-4-8-12)17-15(19)13-9-5-2-6-10-16-13/h1,3-4,7-8,13-14,16,18H,2,5-6,9-11H2,(H,17,19)/t13?,14-/m0/s1. The molecule has 4 nitrogen and oxygen atoms in total. The first-order valence-corrected chi connectivity index (χ1v) is 7.01. The molecule has 1 amide bonds. The summed E-state index contributed by atoms with van der Waals surface area (Å²) in [7, 11) is 0. The molecule has 0 saturated carbocycles. The van der Waals surface area contributed by atoms with Crippen molar-refractivity contribution in [3.8, 4) is 0 Å². The van der Waals surface area contributed by atoms with Crippen molar-refractivity contribution in [2.75, 3.05) is 13.2 Å². The van der Waals surface area contributed by atoms with Crippen molar-refractivity contribution in [1.29, 1.82) is 0 Å². The predicted octanol–water partition coefficient (Wildman–Crippen LogP) is 1.37. The summed E-state index contributed by atoms with van der Waals surface area (Å²) >= 11 is 0. The minimum absolute atomic E-state index is 0.00944. The molecule has 1 heterocycles. The van der Waals surface area contributed by atoms with Crippen molar-refractivity contribution in [1.82, 2.24) is 10.6 Å². The lowest BCUT2D eigenvalue weighted by Crippen LogP contribution is -2.45. The van der Waals surface area contributed by atoms with E-state index in [-0.39, 0.29) is 24.6 Å². The number of carbonyl (C=O) groups excluding carboxylic acids is 1. The van der Waals surface area contributed by atoms with Crippen LogP contribution in [0.3, 0.4) is 0 Å². The van der Waals surface area contributed by atoms with Crippen LogP contribution in [0.5, 0.6) is 0 Å². The van der Waals surface area contributed by atoms with Crippen molar-refractivity contribution in [2.24, 2.45) is 0 Å². The average Bonchev–Trinajstić information content (AvgIpc) is 2.74. The van der Waals surface area contributed by atoms with Crippen LogP contribution in [0.1, 0.15) is 37.3 Å². The van der Waals surface area contributed by atoms with Gasteiger partial charge >= 0.3 is 0 Å². The quantitative estimate of drug-likeness (QED) is 0.768. The maximum absolute atomic E-state index is 12.2. The van der Waals surface area contributed by atoms with Crippen LogP contribution in [-0.4, -0.2) is 30.2 Å². The highest BCUT2D eigenvalue weighted by atomic mass is 16.3. The summed E-state index contributed by atoms with van der Waals surface area (Å²) in [5.74, 6) is -0.00944. The van der Waals surface area contributed by atoms with Crippen LogP contribution in [0.2, 0.25) is 0 Å². The molecule has 1 fully saturated rings. The lowest BCUT2D eigenvalue weighted by atomic mass is 10.1. The molecular formula is C15H22N2O2. The largest absolute Gasteiger partial charge is 0.394 e. The number of aliphatic hydroxyl groups is 1. The molecule has 2 rings (SSSR count). The molecule has 1 aromatic carbocycles. The lowest BCUT2D eigenvalue weighted by Gasteiger charge is -2.21. The zero-order valence-electron chi connectivity index (χ0n) is 11.1. The second-order valence-corrected chi connectivity index (χ2v) is 5.01. The summed E-state index contributed by atoms with van der Waals surface area (Å²) in [5.41, 5.74) is 0.937. The number of aliphatic hydroxyl groups excluding tert-OH is 1. The van der Waals surface area contributed by atoms with Gasteiger partial charge in [-0.3, -0.25) is 4.79 Å². The van der Waals surface area contributed by atoms with Crippen LogP contribution in [0.4, 0.5) is 0 Å². The number of benzene rings is 1. The van der Waals surface area contributed by atoms with E-state index in [9.17, 15) is 9.90 Å². The monoisotopic (exact) mass is 262 g/mol. The van der Waals surface area contributed by atoms with Gasteiger partial charge in [0, 0.05) is 0 Å². The van der Waals surface area contributed by atoms with E-state index in [2.05, 4.69) is 10.6 Å². The molecule has 0 aliphatic carbocycles. The number of nitrogens with one attached hydrogen (secondary N) is 2. The number of hydrogen-bond acceptors (Lipinski definition) is 3. The third-order valence-electron chi connectivity index (χ3n) is 3.58. The van der Waals surface area contributed by atoms with Crippen LogP contribution in [0, 0.1) is 0 Å². The fourth-order valence-electron chi connectivity index (χ4n) is 2.44. The summed E-state index contributed by atoms with van der Waals surface area (Å²) in [5, 5.41) is 15.6. The molecule has 0 aromatic heterocycles. The number of hydrogen-bond donors (Lipinski definition) is 3. The molecular weight excluding hydrogens is 240 g/mol. The Hall–Kier alpha value is -1.39. The predicted molar refractivity (Wildman–Crippen MR) is 74.7 cm³/mol.